The second-order valence-electron chi connectivity index (χ2n) is 7.78. The molecule has 3 aromatic rings. The predicted octanol–water partition coefficient (Wildman–Crippen LogP) is 2.96. The molecule has 0 atom stereocenters. The Morgan fingerprint density at radius 1 is 1.06 bits per heavy atom. The fraction of sp³-hybridized carbons (Fsp3) is 0.364. The van der Waals surface area contributed by atoms with Crippen LogP contribution in [0.3, 0.4) is 0 Å². The van der Waals surface area contributed by atoms with Gasteiger partial charge >= 0.3 is 5.69 Å². The van der Waals surface area contributed by atoms with Crippen LogP contribution in [0.4, 0.5) is 8.78 Å². The Kier molecular flexibility index (Phi) is 6.25. The summed E-state index contributed by atoms with van der Waals surface area (Å²) < 4.78 is 57.2. The van der Waals surface area contributed by atoms with E-state index >= 15 is 0 Å². The smallest absolute Gasteiger partial charge is 0.279 e. The van der Waals surface area contributed by atoms with Gasteiger partial charge in [-0.1, -0.05) is 30.3 Å². The molecule has 0 spiro atoms. The summed E-state index contributed by atoms with van der Waals surface area (Å²) in [7, 11) is -4.08. The van der Waals surface area contributed by atoms with E-state index in [1.165, 1.54) is 8.99 Å². The van der Waals surface area contributed by atoms with Crippen LogP contribution in [0.2, 0.25) is 0 Å². The van der Waals surface area contributed by atoms with Gasteiger partial charge in [-0.2, -0.15) is 9.40 Å². The van der Waals surface area contributed by atoms with Gasteiger partial charge in [0, 0.05) is 31.6 Å². The van der Waals surface area contributed by atoms with Gasteiger partial charge in [0.05, 0.1) is 6.54 Å². The third-order valence-electron chi connectivity index (χ3n) is 5.77. The van der Waals surface area contributed by atoms with Crippen LogP contribution in [0.5, 0.6) is 0 Å². The van der Waals surface area contributed by atoms with Crippen molar-refractivity contribution in [2.45, 2.75) is 43.7 Å². The first-order valence-corrected chi connectivity index (χ1v) is 11.9. The zero-order chi connectivity index (χ0) is 22.9. The Balaban J connectivity index is 1.53. The Morgan fingerprint density at radius 3 is 2.38 bits per heavy atom. The van der Waals surface area contributed by atoms with E-state index in [1.54, 1.807) is 4.57 Å². The molecule has 2 heterocycles. The molecule has 1 aliphatic heterocycles. The highest BCUT2D eigenvalue weighted by atomic mass is 32.2. The number of benzene rings is 2. The van der Waals surface area contributed by atoms with Crippen LogP contribution in [-0.4, -0.2) is 40.2 Å². The van der Waals surface area contributed by atoms with Gasteiger partial charge in [0.1, 0.15) is 22.4 Å². The van der Waals surface area contributed by atoms with Gasteiger partial charge in [0.15, 0.2) is 0 Å². The first-order chi connectivity index (χ1) is 15.3. The molecule has 1 saturated heterocycles. The van der Waals surface area contributed by atoms with Crippen molar-refractivity contribution in [1.29, 1.82) is 0 Å². The molecule has 32 heavy (non-hydrogen) atoms. The summed E-state index contributed by atoms with van der Waals surface area (Å²) in [5, 5.41) is 4.57. The van der Waals surface area contributed by atoms with E-state index < -0.39 is 26.6 Å². The van der Waals surface area contributed by atoms with E-state index in [0.29, 0.717) is 37.8 Å². The summed E-state index contributed by atoms with van der Waals surface area (Å²) in [6.07, 6.45) is 0.896. The van der Waals surface area contributed by atoms with Crippen LogP contribution in [0.25, 0.3) is 0 Å². The maximum absolute atomic E-state index is 14.1. The SMILES string of the molecule is CCn1c(C2CCN(S(=O)(=O)c3ccc(F)cc3F)CC2)nn(Cc2ccccc2)c1=O. The fourth-order valence-electron chi connectivity index (χ4n) is 4.09. The molecular weight excluding hydrogens is 438 g/mol. The van der Waals surface area contributed by atoms with E-state index in [0.717, 1.165) is 17.7 Å². The standard InChI is InChI=1S/C22H24F2N4O3S/c1-2-27-21(25-28(22(27)29)15-16-6-4-3-5-7-16)17-10-12-26(13-11-17)32(30,31)20-9-8-18(23)14-19(20)24/h3-9,14,17H,2,10-13,15H2,1H3. The third kappa shape index (κ3) is 4.24. The average Bonchev–Trinajstić information content (AvgIpc) is 3.09. The van der Waals surface area contributed by atoms with Crippen molar-refractivity contribution in [1.82, 2.24) is 18.7 Å². The second-order valence-corrected chi connectivity index (χ2v) is 9.69. The molecule has 4 rings (SSSR count). The minimum Gasteiger partial charge on any atom is -0.279 e. The number of aromatic nitrogens is 3. The van der Waals surface area contributed by atoms with Gasteiger partial charge in [-0.05, 0) is 37.5 Å². The molecule has 0 radical (unpaired) electrons. The second kappa shape index (κ2) is 8.95. The Bertz CT molecular complexity index is 1260. The molecule has 0 unspecified atom stereocenters. The predicted molar refractivity (Wildman–Crippen MR) is 115 cm³/mol. The molecule has 0 amide bonds. The van der Waals surface area contributed by atoms with Gasteiger partial charge < -0.3 is 0 Å². The number of nitrogens with zero attached hydrogens (tertiary/aromatic N) is 4. The van der Waals surface area contributed by atoms with Crippen LogP contribution >= 0.6 is 0 Å². The highest BCUT2D eigenvalue weighted by molar-refractivity contribution is 7.89. The van der Waals surface area contributed by atoms with Gasteiger partial charge in [0.2, 0.25) is 10.0 Å². The van der Waals surface area contributed by atoms with Crippen molar-refractivity contribution in [3.05, 3.63) is 82.0 Å². The lowest BCUT2D eigenvalue weighted by Gasteiger charge is -2.30. The monoisotopic (exact) mass is 462 g/mol. The first-order valence-electron chi connectivity index (χ1n) is 10.5. The summed E-state index contributed by atoms with van der Waals surface area (Å²) in [4.78, 5) is 12.3. The van der Waals surface area contributed by atoms with Crippen molar-refractivity contribution >= 4 is 10.0 Å². The third-order valence-corrected chi connectivity index (χ3v) is 7.71. The zero-order valence-corrected chi connectivity index (χ0v) is 18.4. The number of halogens is 2. The summed E-state index contributed by atoms with van der Waals surface area (Å²) in [5.41, 5.74) is 0.763. The molecule has 7 nitrogen and oxygen atoms in total. The minimum atomic E-state index is -4.08. The van der Waals surface area contributed by atoms with Gasteiger partial charge in [-0.25, -0.2) is 26.7 Å². The van der Waals surface area contributed by atoms with Crippen LogP contribution in [0.15, 0.2) is 58.2 Å². The molecular formula is C22H24F2N4O3S. The fourth-order valence-corrected chi connectivity index (χ4v) is 5.61. The van der Waals surface area contributed by atoms with E-state index in [9.17, 15) is 22.0 Å². The Hall–Kier alpha value is -2.85. The molecule has 170 valence electrons. The quantitative estimate of drug-likeness (QED) is 0.564. The molecule has 1 aliphatic rings. The summed E-state index contributed by atoms with van der Waals surface area (Å²) in [6, 6.07) is 12.0. The molecule has 2 aromatic carbocycles. The van der Waals surface area contributed by atoms with Crippen LogP contribution < -0.4 is 5.69 Å². The van der Waals surface area contributed by atoms with Crippen molar-refractivity contribution in [3.8, 4) is 0 Å². The minimum absolute atomic E-state index is 0.0933. The summed E-state index contributed by atoms with van der Waals surface area (Å²) in [6.45, 7) is 3.01. The number of rotatable bonds is 6. The van der Waals surface area contributed by atoms with Crippen molar-refractivity contribution in [2.75, 3.05) is 13.1 Å². The molecule has 1 fully saturated rings. The van der Waals surface area contributed by atoms with Crippen LogP contribution in [0, 0.1) is 11.6 Å². The Morgan fingerprint density at radius 2 is 1.75 bits per heavy atom. The first kappa shape index (κ1) is 22.3. The molecule has 0 saturated carbocycles. The lowest BCUT2D eigenvalue weighted by Crippen LogP contribution is -2.39. The normalized spacial score (nSPS) is 15.8. The van der Waals surface area contributed by atoms with Crippen molar-refractivity contribution in [2.24, 2.45) is 0 Å². The lowest BCUT2D eigenvalue weighted by atomic mass is 9.97. The number of hydrogen-bond donors (Lipinski definition) is 0. The van der Waals surface area contributed by atoms with E-state index in [4.69, 9.17) is 0 Å². The molecule has 10 heteroatoms. The largest absolute Gasteiger partial charge is 0.346 e. The summed E-state index contributed by atoms with van der Waals surface area (Å²) >= 11 is 0. The van der Waals surface area contributed by atoms with Crippen LogP contribution in [-0.2, 0) is 23.1 Å². The maximum atomic E-state index is 14.1. The van der Waals surface area contributed by atoms with Crippen molar-refractivity contribution in [3.63, 3.8) is 0 Å². The van der Waals surface area contributed by atoms with E-state index in [1.807, 2.05) is 37.3 Å². The van der Waals surface area contributed by atoms with E-state index in [-0.39, 0.29) is 24.7 Å². The molecule has 0 bridgehead atoms. The molecule has 0 N–H and O–H groups in total. The van der Waals surface area contributed by atoms with Crippen LogP contribution in [0.1, 0.15) is 37.1 Å². The number of piperidine rings is 1. The van der Waals surface area contributed by atoms with Gasteiger partial charge in [-0.15, -0.1) is 0 Å². The highest BCUT2D eigenvalue weighted by Crippen LogP contribution is 2.30. The van der Waals surface area contributed by atoms with Gasteiger partial charge in [0.25, 0.3) is 0 Å². The van der Waals surface area contributed by atoms with Gasteiger partial charge in [-0.3, -0.25) is 4.57 Å². The topological polar surface area (TPSA) is 77.2 Å². The van der Waals surface area contributed by atoms with E-state index in [2.05, 4.69) is 5.10 Å². The zero-order valence-electron chi connectivity index (χ0n) is 17.6. The maximum Gasteiger partial charge on any atom is 0.346 e. The average molecular weight is 463 g/mol. The highest BCUT2D eigenvalue weighted by Gasteiger charge is 2.34. The van der Waals surface area contributed by atoms with Crippen molar-refractivity contribution < 1.29 is 17.2 Å². The summed E-state index contributed by atoms with van der Waals surface area (Å²) in [5.74, 6) is -1.39. The lowest BCUT2D eigenvalue weighted by molar-refractivity contribution is 0.307. The number of sulfonamides is 1. The Labute approximate surface area is 185 Å². The molecule has 0 aliphatic carbocycles. The molecule has 1 aromatic heterocycles. The number of hydrogen-bond acceptors (Lipinski definition) is 4.